The summed E-state index contributed by atoms with van der Waals surface area (Å²) >= 11 is 1.68. The molecule has 112 valence electrons. The highest BCUT2D eigenvalue weighted by molar-refractivity contribution is 7.10. The van der Waals surface area contributed by atoms with E-state index in [1.54, 1.807) is 29.7 Å². The van der Waals surface area contributed by atoms with Gasteiger partial charge in [0.1, 0.15) is 5.82 Å². The van der Waals surface area contributed by atoms with Crippen molar-refractivity contribution in [3.05, 3.63) is 45.8 Å². The second-order valence-corrected chi connectivity index (χ2v) is 5.73. The van der Waals surface area contributed by atoms with Crippen molar-refractivity contribution >= 4 is 23.1 Å². The molecule has 0 saturated carbocycles. The first kappa shape index (κ1) is 15.5. The van der Waals surface area contributed by atoms with Crippen molar-refractivity contribution in [2.45, 2.75) is 33.2 Å². The molecule has 0 saturated heterocycles. The molecule has 0 spiro atoms. The Bertz CT molecular complexity index is 595. The van der Waals surface area contributed by atoms with Crippen LogP contribution < -0.4 is 10.6 Å². The summed E-state index contributed by atoms with van der Waals surface area (Å²) in [6.45, 7) is 5.59. The van der Waals surface area contributed by atoms with Crippen LogP contribution in [0.1, 0.15) is 41.1 Å². The fourth-order valence-corrected chi connectivity index (χ4v) is 2.98. The third-order valence-electron chi connectivity index (χ3n) is 3.22. The third-order valence-corrected chi connectivity index (χ3v) is 4.19. The van der Waals surface area contributed by atoms with Crippen LogP contribution in [0.2, 0.25) is 0 Å². The first-order chi connectivity index (χ1) is 10.3. The number of hydrogen-bond acceptors (Lipinski definition) is 4. The molecule has 2 rings (SSSR count). The van der Waals surface area contributed by atoms with E-state index in [1.165, 1.54) is 10.4 Å². The van der Waals surface area contributed by atoms with Gasteiger partial charge in [0, 0.05) is 17.6 Å². The molecule has 0 aliphatic rings. The van der Waals surface area contributed by atoms with Gasteiger partial charge in [-0.3, -0.25) is 4.79 Å². The summed E-state index contributed by atoms with van der Waals surface area (Å²) < 4.78 is 0. The van der Waals surface area contributed by atoms with E-state index in [4.69, 9.17) is 0 Å². The van der Waals surface area contributed by atoms with Gasteiger partial charge in [-0.2, -0.15) is 0 Å². The number of rotatable bonds is 7. The van der Waals surface area contributed by atoms with Gasteiger partial charge in [0.2, 0.25) is 0 Å². The average Bonchev–Trinajstić information content (AvgIpc) is 2.98. The predicted molar refractivity (Wildman–Crippen MR) is 87.9 cm³/mol. The normalized spacial score (nSPS) is 10.4. The first-order valence-corrected chi connectivity index (χ1v) is 8.16. The quantitative estimate of drug-likeness (QED) is 0.823. The summed E-state index contributed by atoms with van der Waals surface area (Å²) in [6.07, 6.45) is 3.68. The SMILES string of the molecule is CCCNc1ncccc1C(=O)NCc1sccc1CC. The Balaban J connectivity index is 2.03. The molecule has 0 aromatic carbocycles. The van der Waals surface area contributed by atoms with Crippen molar-refractivity contribution in [3.63, 3.8) is 0 Å². The molecule has 21 heavy (non-hydrogen) atoms. The Morgan fingerprint density at radius 3 is 2.95 bits per heavy atom. The Morgan fingerprint density at radius 1 is 1.33 bits per heavy atom. The van der Waals surface area contributed by atoms with Crippen LogP contribution in [0.3, 0.4) is 0 Å². The third kappa shape index (κ3) is 4.04. The number of nitrogens with zero attached hydrogens (tertiary/aromatic N) is 1. The van der Waals surface area contributed by atoms with Crippen LogP contribution in [0.15, 0.2) is 29.8 Å². The number of pyridine rings is 1. The molecule has 0 radical (unpaired) electrons. The maximum absolute atomic E-state index is 12.3. The highest BCUT2D eigenvalue weighted by atomic mass is 32.1. The maximum atomic E-state index is 12.3. The molecule has 2 heterocycles. The van der Waals surface area contributed by atoms with E-state index < -0.39 is 0 Å². The number of carbonyl (C=O) groups excluding carboxylic acids is 1. The zero-order valence-corrected chi connectivity index (χ0v) is 13.3. The smallest absolute Gasteiger partial charge is 0.255 e. The van der Waals surface area contributed by atoms with Crippen LogP contribution in [0.5, 0.6) is 0 Å². The molecule has 2 N–H and O–H groups in total. The van der Waals surface area contributed by atoms with E-state index in [-0.39, 0.29) is 5.91 Å². The number of thiophene rings is 1. The lowest BCUT2D eigenvalue weighted by molar-refractivity contribution is 0.0951. The highest BCUT2D eigenvalue weighted by Gasteiger charge is 2.12. The summed E-state index contributed by atoms with van der Waals surface area (Å²) in [4.78, 5) is 17.8. The highest BCUT2D eigenvalue weighted by Crippen LogP contribution is 2.18. The maximum Gasteiger partial charge on any atom is 0.255 e. The summed E-state index contributed by atoms with van der Waals surface area (Å²) in [5.41, 5.74) is 1.90. The van der Waals surface area contributed by atoms with Crippen molar-refractivity contribution in [1.82, 2.24) is 10.3 Å². The van der Waals surface area contributed by atoms with Gasteiger partial charge >= 0.3 is 0 Å². The van der Waals surface area contributed by atoms with E-state index >= 15 is 0 Å². The Kier molecular flexibility index (Phi) is 5.75. The monoisotopic (exact) mass is 303 g/mol. The number of aromatic nitrogens is 1. The van der Waals surface area contributed by atoms with Crippen LogP contribution in [0, 0.1) is 0 Å². The first-order valence-electron chi connectivity index (χ1n) is 7.28. The van der Waals surface area contributed by atoms with Crippen molar-refractivity contribution in [2.24, 2.45) is 0 Å². The molecule has 0 bridgehead atoms. The lowest BCUT2D eigenvalue weighted by Crippen LogP contribution is -2.24. The summed E-state index contributed by atoms with van der Waals surface area (Å²) in [6, 6.07) is 5.70. The average molecular weight is 303 g/mol. The molecule has 0 aliphatic carbocycles. The summed E-state index contributed by atoms with van der Waals surface area (Å²) in [5.74, 6) is 0.566. The van der Waals surface area contributed by atoms with Gasteiger partial charge in [0.15, 0.2) is 0 Å². The topological polar surface area (TPSA) is 54.0 Å². The van der Waals surface area contributed by atoms with Crippen molar-refractivity contribution in [3.8, 4) is 0 Å². The molecule has 2 aromatic heterocycles. The fraction of sp³-hybridized carbons (Fsp3) is 0.375. The molecule has 0 unspecified atom stereocenters. The van der Waals surface area contributed by atoms with Gasteiger partial charge in [-0.25, -0.2) is 4.98 Å². The van der Waals surface area contributed by atoms with Crippen LogP contribution in [-0.4, -0.2) is 17.4 Å². The van der Waals surface area contributed by atoms with Crippen LogP contribution in [0.4, 0.5) is 5.82 Å². The van der Waals surface area contributed by atoms with Gasteiger partial charge in [-0.05, 0) is 42.0 Å². The molecule has 0 aliphatic heterocycles. The second kappa shape index (κ2) is 7.78. The van der Waals surface area contributed by atoms with Crippen molar-refractivity contribution in [1.29, 1.82) is 0 Å². The molecule has 4 nitrogen and oxygen atoms in total. The van der Waals surface area contributed by atoms with Crippen molar-refractivity contribution < 1.29 is 4.79 Å². The van der Waals surface area contributed by atoms with Gasteiger partial charge in [-0.1, -0.05) is 13.8 Å². The zero-order valence-electron chi connectivity index (χ0n) is 12.5. The molecule has 0 fully saturated rings. The van der Waals surface area contributed by atoms with Crippen LogP contribution >= 0.6 is 11.3 Å². The number of hydrogen-bond donors (Lipinski definition) is 2. The van der Waals surface area contributed by atoms with E-state index in [0.717, 1.165) is 19.4 Å². The van der Waals surface area contributed by atoms with Gasteiger partial charge in [0.25, 0.3) is 5.91 Å². The number of amides is 1. The van der Waals surface area contributed by atoms with Crippen LogP contribution in [-0.2, 0) is 13.0 Å². The Labute approximate surface area is 129 Å². The van der Waals surface area contributed by atoms with Gasteiger partial charge in [-0.15, -0.1) is 11.3 Å². The molecule has 1 amide bonds. The number of anilines is 1. The summed E-state index contributed by atoms with van der Waals surface area (Å²) in [5, 5.41) is 8.24. The fourth-order valence-electron chi connectivity index (χ4n) is 2.07. The second-order valence-electron chi connectivity index (χ2n) is 4.73. The van der Waals surface area contributed by atoms with Crippen LogP contribution in [0.25, 0.3) is 0 Å². The minimum atomic E-state index is -0.0860. The van der Waals surface area contributed by atoms with Gasteiger partial charge in [0.05, 0.1) is 12.1 Å². The molecule has 0 atom stereocenters. The van der Waals surface area contributed by atoms with E-state index in [0.29, 0.717) is 17.9 Å². The molecular formula is C16H21N3OS. The zero-order chi connectivity index (χ0) is 15.1. The largest absolute Gasteiger partial charge is 0.369 e. The Morgan fingerprint density at radius 2 is 2.19 bits per heavy atom. The summed E-state index contributed by atoms with van der Waals surface area (Å²) in [7, 11) is 0. The lowest BCUT2D eigenvalue weighted by atomic mass is 10.2. The number of carbonyl (C=O) groups is 1. The molecule has 5 heteroatoms. The molecular weight excluding hydrogens is 282 g/mol. The predicted octanol–water partition coefficient (Wildman–Crippen LogP) is 3.46. The van der Waals surface area contributed by atoms with E-state index in [9.17, 15) is 4.79 Å². The van der Waals surface area contributed by atoms with Crippen molar-refractivity contribution in [2.75, 3.05) is 11.9 Å². The standard InChI is InChI=1S/C16H21N3OS/c1-3-8-17-15-13(6-5-9-18-15)16(20)19-11-14-12(4-2)7-10-21-14/h5-7,9-10H,3-4,8,11H2,1-2H3,(H,17,18)(H,19,20). The lowest BCUT2D eigenvalue weighted by Gasteiger charge is -2.10. The van der Waals surface area contributed by atoms with Gasteiger partial charge < -0.3 is 10.6 Å². The number of aryl methyl sites for hydroxylation is 1. The van der Waals surface area contributed by atoms with E-state index in [2.05, 4.69) is 40.9 Å². The minimum absolute atomic E-state index is 0.0860. The number of nitrogens with one attached hydrogen (secondary N) is 2. The van der Waals surface area contributed by atoms with E-state index in [1.807, 2.05) is 0 Å². The molecule has 2 aromatic rings. The minimum Gasteiger partial charge on any atom is -0.369 e. The Hall–Kier alpha value is -1.88.